The second-order valence-corrected chi connectivity index (χ2v) is 8.95. The van der Waals surface area contributed by atoms with E-state index < -0.39 is 0 Å². The van der Waals surface area contributed by atoms with Gasteiger partial charge >= 0.3 is 0 Å². The van der Waals surface area contributed by atoms with E-state index in [2.05, 4.69) is 85.0 Å². The molecule has 0 bridgehead atoms. The number of H-pyrrole nitrogens is 1. The Morgan fingerprint density at radius 2 is 1.79 bits per heavy atom. The molecule has 0 aliphatic rings. The van der Waals surface area contributed by atoms with E-state index in [9.17, 15) is 4.79 Å². The van der Waals surface area contributed by atoms with Gasteiger partial charge in [-0.15, -0.1) is 0 Å². The Hall–Kier alpha value is -2.89. The van der Waals surface area contributed by atoms with Crippen molar-refractivity contribution in [2.24, 2.45) is 0 Å². The second kappa shape index (κ2) is 13.7. The Labute approximate surface area is 204 Å². The van der Waals surface area contributed by atoms with E-state index >= 15 is 0 Å². The number of amides is 1. The van der Waals surface area contributed by atoms with Crippen LogP contribution in [-0.4, -0.2) is 35.5 Å². The standard InChI is InChI=1S/C29H40N4O/c1-4-6-9-21-33(20-5-2)32-29(34)17-16-24-12-14-25(15-13-24)22-30-19-18-26-23(3)31-28-11-8-7-10-27(26)28/h7-8,10-17,30-31H,4-6,9,18-22H2,1-3H3,(H,32,34). The summed E-state index contributed by atoms with van der Waals surface area (Å²) < 4.78 is 0. The molecule has 0 spiro atoms. The first-order valence-electron chi connectivity index (χ1n) is 12.7. The number of aromatic nitrogens is 1. The molecule has 0 atom stereocenters. The Morgan fingerprint density at radius 3 is 2.56 bits per heavy atom. The summed E-state index contributed by atoms with van der Waals surface area (Å²) in [6, 6.07) is 16.9. The number of fused-ring (bicyclic) bond motifs is 1. The lowest BCUT2D eigenvalue weighted by atomic mass is 10.1. The minimum absolute atomic E-state index is 0.0664. The fraction of sp³-hybridized carbons (Fsp3) is 0.414. The number of aryl methyl sites for hydroxylation is 1. The fourth-order valence-corrected chi connectivity index (χ4v) is 4.26. The predicted octanol–water partition coefficient (Wildman–Crippen LogP) is 5.76. The molecule has 0 unspecified atom stereocenters. The van der Waals surface area contributed by atoms with Gasteiger partial charge in [-0.05, 0) is 61.6 Å². The van der Waals surface area contributed by atoms with Crippen molar-refractivity contribution in [2.45, 2.75) is 59.4 Å². The molecule has 0 saturated carbocycles. The molecule has 0 saturated heterocycles. The van der Waals surface area contributed by atoms with Crippen molar-refractivity contribution < 1.29 is 4.79 Å². The molecule has 1 amide bonds. The number of unbranched alkanes of at least 4 members (excludes halogenated alkanes) is 2. The number of carbonyl (C=O) groups is 1. The highest BCUT2D eigenvalue weighted by molar-refractivity contribution is 5.91. The van der Waals surface area contributed by atoms with Gasteiger partial charge in [0.05, 0.1) is 0 Å². The zero-order valence-electron chi connectivity index (χ0n) is 21.0. The van der Waals surface area contributed by atoms with Crippen LogP contribution >= 0.6 is 0 Å². The van der Waals surface area contributed by atoms with Gasteiger partial charge in [-0.25, -0.2) is 5.01 Å². The van der Waals surface area contributed by atoms with E-state index in [4.69, 9.17) is 0 Å². The van der Waals surface area contributed by atoms with Crippen molar-refractivity contribution in [1.29, 1.82) is 0 Å². The van der Waals surface area contributed by atoms with Crippen molar-refractivity contribution in [3.8, 4) is 0 Å². The highest BCUT2D eigenvalue weighted by Gasteiger charge is 2.07. The van der Waals surface area contributed by atoms with Gasteiger partial charge in [0.25, 0.3) is 5.91 Å². The van der Waals surface area contributed by atoms with Crippen LogP contribution in [0.5, 0.6) is 0 Å². The van der Waals surface area contributed by atoms with Crippen LogP contribution in [0.1, 0.15) is 61.9 Å². The molecule has 34 heavy (non-hydrogen) atoms. The number of nitrogens with one attached hydrogen (secondary N) is 3. The van der Waals surface area contributed by atoms with Crippen LogP contribution in [0.15, 0.2) is 54.6 Å². The molecule has 0 aliphatic heterocycles. The minimum Gasteiger partial charge on any atom is -0.358 e. The summed E-state index contributed by atoms with van der Waals surface area (Å²) in [5, 5.41) is 6.91. The maximum Gasteiger partial charge on any atom is 0.258 e. The number of benzene rings is 2. The molecule has 0 radical (unpaired) electrons. The van der Waals surface area contributed by atoms with Gasteiger partial charge in [0.1, 0.15) is 0 Å². The molecular formula is C29H40N4O. The van der Waals surface area contributed by atoms with Gasteiger partial charge in [-0.3, -0.25) is 10.2 Å². The first-order valence-corrected chi connectivity index (χ1v) is 12.7. The summed E-state index contributed by atoms with van der Waals surface area (Å²) in [4.78, 5) is 15.8. The summed E-state index contributed by atoms with van der Waals surface area (Å²) in [5.74, 6) is -0.0664. The number of aromatic amines is 1. The van der Waals surface area contributed by atoms with Crippen LogP contribution in [0.25, 0.3) is 17.0 Å². The molecular weight excluding hydrogens is 420 g/mol. The number of carbonyl (C=O) groups excluding carboxylic acids is 1. The van der Waals surface area contributed by atoms with Crippen LogP contribution in [0.3, 0.4) is 0 Å². The number of hydrogen-bond donors (Lipinski definition) is 3. The van der Waals surface area contributed by atoms with E-state index in [0.717, 1.165) is 51.0 Å². The third kappa shape index (κ3) is 7.86. The molecule has 5 nitrogen and oxygen atoms in total. The minimum atomic E-state index is -0.0664. The lowest BCUT2D eigenvalue weighted by Crippen LogP contribution is -2.42. The lowest BCUT2D eigenvalue weighted by Gasteiger charge is -2.21. The predicted molar refractivity (Wildman–Crippen MR) is 143 cm³/mol. The summed E-state index contributed by atoms with van der Waals surface area (Å²) in [5.41, 5.74) is 9.14. The zero-order valence-corrected chi connectivity index (χ0v) is 21.0. The van der Waals surface area contributed by atoms with E-state index in [1.165, 1.54) is 40.6 Å². The van der Waals surface area contributed by atoms with Gasteiger partial charge in [0.2, 0.25) is 0 Å². The van der Waals surface area contributed by atoms with Gasteiger partial charge in [0, 0.05) is 42.3 Å². The molecule has 0 aliphatic carbocycles. The molecule has 1 aromatic heterocycles. The number of nitrogens with zero attached hydrogens (tertiary/aromatic N) is 1. The summed E-state index contributed by atoms with van der Waals surface area (Å²) in [7, 11) is 0. The number of rotatable bonds is 14. The van der Waals surface area contributed by atoms with Gasteiger partial charge in [-0.1, -0.05) is 69.2 Å². The Kier molecular flexibility index (Phi) is 10.4. The monoisotopic (exact) mass is 460 g/mol. The average Bonchev–Trinajstić information content (AvgIpc) is 3.16. The van der Waals surface area contributed by atoms with Gasteiger partial charge < -0.3 is 10.3 Å². The molecule has 3 rings (SSSR count). The van der Waals surface area contributed by atoms with E-state index in [-0.39, 0.29) is 5.91 Å². The Balaban J connectivity index is 1.43. The van der Waals surface area contributed by atoms with Crippen LogP contribution in [-0.2, 0) is 17.8 Å². The molecule has 0 fully saturated rings. The van der Waals surface area contributed by atoms with E-state index in [1.54, 1.807) is 6.08 Å². The van der Waals surface area contributed by atoms with E-state index in [1.807, 2.05) is 11.1 Å². The quantitative estimate of drug-likeness (QED) is 0.163. The SMILES string of the molecule is CCCCCN(CCC)NC(=O)C=Cc1ccc(CNCCc2c(C)[nH]c3ccccc23)cc1. The van der Waals surface area contributed by atoms with Crippen LogP contribution in [0, 0.1) is 6.92 Å². The van der Waals surface area contributed by atoms with Crippen molar-refractivity contribution in [2.75, 3.05) is 19.6 Å². The lowest BCUT2D eigenvalue weighted by molar-refractivity contribution is -0.121. The molecule has 1 heterocycles. The van der Waals surface area contributed by atoms with Crippen molar-refractivity contribution in [1.82, 2.24) is 20.7 Å². The van der Waals surface area contributed by atoms with Gasteiger partial charge in [0.15, 0.2) is 0 Å². The Morgan fingerprint density at radius 1 is 1.00 bits per heavy atom. The maximum absolute atomic E-state index is 12.3. The number of hydrogen-bond acceptors (Lipinski definition) is 3. The highest BCUT2D eigenvalue weighted by Crippen LogP contribution is 2.22. The molecule has 3 N–H and O–H groups in total. The molecule has 2 aromatic carbocycles. The first-order chi connectivity index (χ1) is 16.6. The average molecular weight is 461 g/mol. The third-order valence-corrected chi connectivity index (χ3v) is 6.11. The summed E-state index contributed by atoms with van der Waals surface area (Å²) >= 11 is 0. The van der Waals surface area contributed by atoms with Crippen molar-refractivity contribution >= 4 is 22.9 Å². The van der Waals surface area contributed by atoms with Crippen LogP contribution in [0.2, 0.25) is 0 Å². The largest absolute Gasteiger partial charge is 0.358 e. The van der Waals surface area contributed by atoms with Gasteiger partial charge in [-0.2, -0.15) is 0 Å². The topological polar surface area (TPSA) is 60.2 Å². The number of hydrazine groups is 1. The van der Waals surface area contributed by atoms with E-state index in [0.29, 0.717) is 0 Å². The third-order valence-electron chi connectivity index (χ3n) is 6.11. The molecule has 3 aromatic rings. The highest BCUT2D eigenvalue weighted by atomic mass is 16.2. The Bertz CT molecular complexity index is 1050. The maximum atomic E-state index is 12.3. The first kappa shape index (κ1) is 25.7. The number of para-hydroxylation sites is 1. The second-order valence-electron chi connectivity index (χ2n) is 8.95. The normalized spacial score (nSPS) is 11.6. The molecule has 5 heteroatoms. The van der Waals surface area contributed by atoms with Crippen LogP contribution in [0.4, 0.5) is 0 Å². The van der Waals surface area contributed by atoms with Crippen molar-refractivity contribution in [3.63, 3.8) is 0 Å². The van der Waals surface area contributed by atoms with Crippen molar-refractivity contribution in [3.05, 3.63) is 77.0 Å². The van der Waals surface area contributed by atoms with Crippen LogP contribution < -0.4 is 10.7 Å². The fourth-order valence-electron chi connectivity index (χ4n) is 4.26. The zero-order chi connectivity index (χ0) is 24.2. The summed E-state index contributed by atoms with van der Waals surface area (Å²) in [6.45, 7) is 10.0. The smallest absolute Gasteiger partial charge is 0.258 e. The molecule has 182 valence electrons. The summed E-state index contributed by atoms with van der Waals surface area (Å²) in [6.07, 6.45) is 9.00.